The fourth-order valence-electron chi connectivity index (χ4n) is 6.50. The minimum Gasteiger partial charge on any atom is -0.341 e. The minimum absolute atomic E-state index is 0.339. The Labute approximate surface area is 213 Å². The number of hydrogen-bond acceptors (Lipinski definition) is 3. The Morgan fingerprint density at radius 1 is 0.778 bits per heavy atom. The lowest BCUT2D eigenvalue weighted by molar-refractivity contribution is 0.589. The van der Waals surface area contributed by atoms with Gasteiger partial charge in [-0.2, -0.15) is 0 Å². The average molecular weight is 475 g/mol. The van der Waals surface area contributed by atoms with Gasteiger partial charge in [-0.1, -0.05) is 56.7 Å². The van der Waals surface area contributed by atoms with E-state index < -0.39 is 0 Å². The number of nitrogens with one attached hydrogen (secondary N) is 2. The average Bonchev–Trinajstić information content (AvgIpc) is 3.68. The molecule has 4 heteroatoms. The number of nitrogens with zero attached hydrogens (tertiary/aromatic N) is 2. The molecule has 2 N–H and O–H groups in total. The maximum Gasteiger partial charge on any atom is 0.124 e. The Bertz CT molecular complexity index is 1460. The molecule has 3 aliphatic rings. The number of H-pyrrole nitrogens is 1. The minimum atomic E-state index is 0.339. The molecule has 4 nitrogen and oxygen atoms in total. The Kier molecular flexibility index (Phi) is 5.32. The molecule has 3 heterocycles. The molecule has 0 amide bonds. The van der Waals surface area contributed by atoms with Crippen LogP contribution in [0.3, 0.4) is 0 Å². The van der Waals surface area contributed by atoms with Crippen LogP contribution in [0.5, 0.6) is 0 Å². The number of aromatic nitrogens is 2. The molecule has 4 aromatic rings. The molecule has 182 valence electrons. The lowest BCUT2D eigenvalue weighted by Crippen LogP contribution is -2.14. The fraction of sp³-hybridized carbons (Fsp3) is 0.375. The van der Waals surface area contributed by atoms with Crippen LogP contribution in [0.1, 0.15) is 57.0 Å². The van der Waals surface area contributed by atoms with E-state index in [1.165, 1.54) is 58.5 Å². The second-order valence-corrected chi connectivity index (χ2v) is 11.5. The number of aromatic amines is 1. The zero-order valence-corrected chi connectivity index (χ0v) is 21.2. The van der Waals surface area contributed by atoms with Crippen molar-refractivity contribution in [2.75, 3.05) is 6.54 Å². The van der Waals surface area contributed by atoms with Gasteiger partial charge in [0.1, 0.15) is 5.82 Å². The van der Waals surface area contributed by atoms with E-state index in [4.69, 9.17) is 9.98 Å². The molecule has 4 atom stereocenters. The predicted molar refractivity (Wildman–Crippen MR) is 149 cm³/mol. The van der Waals surface area contributed by atoms with E-state index in [9.17, 15) is 0 Å². The van der Waals surface area contributed by atoms with Crippen LogP contribution < -0.4 is 5.32 Å². The largest absolute Gasteiger partial charge is 0.341 e. The summed E-state index contributed by atoms with van der Waals surface area (Å²) in [7, 11) is 0. The zero-order chi connectivity index (χ0) is 24.2. The molecule has 1 aliphatic carbocycles. The second kappa shape index (κ2) is 8.70. The summed E-state index contributed by atoms with van der Waals surface area (Å²) in [5, 5.41) is 3.58. The van der Waals surface area contributed by atoms with Gasteiger partial charge >= 0.3 is 0 Å². The Morgan fingerprint density at radius 3 is 2.25 bits per heavy atom. The summed E-state index contributed by atoms with van der Waals surface area (Å²) < 4.78 is 0. The van der Waals surface area contributed by atoms with Crippen LogP contribution in [0.15, 0.2) is 65.7 Å². The van der Waals surface area contributed by atoms with Gasteiger partial charge in [0.2, 0.25) is 0 Å². The van der Waals surface area contributed by atoms with Crippen LogP contribution in [0.2, 0.25) is 0 Å². The van der Waals surface area contributed by atoms with E-state index in [1.807, 2.05) is 0 Å². The number of hydrogen-bond donors (Lipinski definition) is 2. The van der Waals surface area contributed by atoms with Crippen molar-refractivity contribution in [1.29, 1.82) is 0 Å². The van der Waals surface area contributed by atoms with E-state index in [0.717, 1.165) is 42.2 Å². The molecule has 1 saturated heterocycles. The first kappa shape index (κ1) is 22.0. The fourth-order valence-corrected chi connectivity index (χ4v) is 6.50. The number of fused-ring (bicyclic) bond motifs is 2. The Hall–Kier alpha value is -3.24. The molecule has 0 radical (unpaired) electrons. The monoisotopic (exact) mass is 474 g/mol. The van der Waals surface area contributed by atoms with Crippen LogP contribution in [0.25, 0.3) is 33.3 Å². The van der Waals surface area contributed by atoms with E-state index in [2.05, 4.69) is 84.8 Å². The third-order valence-corrected chi connectivity index (χ3v) is 8.61. The topological polar surface area (TPSA) is 53.1 Å². The van der Waals surface area contributed by atoms with E-state index in [1.54, 1.807) is 0 Å². The summed E-state index contributed by atoms with van der Waals surface area (Å²) in [6.45, 7) is 5.74. The van der Waals surface area contributed by atoms with Gasteiger partial charge in [-0.05, 0) is 95.6 Å². The summed E-state index contributed by atoms with van der Waals surface area (Å²) in [5.74, 6) is 3.30. The SMILES string of the molecule is C[C@@H]1CC[C@H](C2=Nc3ccc(-c4ccc(-c5ccc6nc([C@@H]7C[C@H](C)CN7)[nH]c6c5)cc4)cc3C2)C1. The van der Waals surface area contributed by atoms with Crippen LogP contribution >= 0.6 is 0 Å². The lowest BCUT2D eigenvalue weighted by Gasteiger charge is -2.09. The first-order chi connectivity index (χ1) is 17.6. The summed E-state index contributed by atoms with van der Waals surface area (Å²) in [5.41, 5.74) is 11.1. The van der Waals surface area contributed by atoms with Gasteiger partial charge < -0.3 is 10.3 Å². The van der Waals surface area contributed by atoms with Crippen molar-refractivity contribution in [3.8, 4) is 22.3 Å². The molecule has 1 aromatic heterocycles. The summed E-state index contributed by atoms with van der Waals surface area (Å²) in [4.78, 5) is 13.4. The van der Waals surface area contributed by atoms with Crippen LogP contribution in [0, 0.1) is 17.8 Å². The zero-order valence-electron chi connectivity index (χ0n) is 21.2. The normalized spacial score (nSPS) is 25.4. The van der Waals surface area contributed by atoms with E-state index >= 15 is 0 Å². The third-order valence-electron chi connectivity index (χ3n) is 8.61. The smallest absolute Gasteiger partial charge is 0.124 e. The van der Waals surface area contributed by atoms with Gasteiger partial charge in [-0.15, -0.1) is 0 Å². The van der Waals surface area contributed by atoms with Crippen molar-refractivity contribution in [2.24, 2.45) is 22.7 Å². The molecule has 2 fully saturated rings. The predicted octanol–water partition coefficient (Wildman–Crippen LogP) is 7.63. The van der Waals surface area contributed by atoms with Crippen molar-refractivity contribution < 1.29 is 0 Å². The molecular formula is C32H34N4. The van der Waals surface area contributed by atoms with Gasteiger partial charge in [0, 0.05) is 12.1 Å². The first-order valence-corrected chi connectivity index (χ1v) is 13.6. The van der Waals surface area contributed by atoms with Crippen molar-refractivity contribution in [1.82, 2.24) is 15.3 Å². The third kappa shape index (κ3) is 3.98. The highest BCUT2D eigenvalue weighted by Gasteiger charge is 2.29. The standard InChI is InChI=1S/C32H34N4/c1-19-3-4-25(13-19)29-17-26-15-23(9-11-27(26)34-29)21-5-7-22(8-6-21)24-10-12-28-30(16-24)36-32(35-28)31-14-20(2)18-33-31/h5-12,15-16,19-20,25,31,33H,3-4,13-14,17-18H2,1-2H3,(H,35,36)/t19-,20+,25+,31+/m1/s1. The molecule has 36 heavy (non-hydrogen) atoms. The van der Waals surface area contributed by atoms with E-state index in [-0.39, 0.29) is 0 Å². The molecule has 0 bridgehead atoms. The van der Waals surface area contributed by atoms with Crippen molar-refractivity contribution in [3.05, 3.63) is 72.1 Å². The number of aliphatic imine (C=N–C) groups is 1. The van der Waals surface area contributed by atoms with E-state index in [0.29, 0.717) is 17.9 Å². The summed E-state index contributed by atoms with van der Waals surface area (Å²) >= 11 is 0. The highest BCUT2D eigenvalue weighted by Crippen LogP contribution is 2.39. The molecule has 0 unspecified atom stereocenters. The maximum absolute atomic E-state index is 5.02. The molecule has 3 aromatic carbocycles. The Balaban J connectivity index is 1.10. The lowest BCUT2D eigenvalue weighted by atomic mass is 9.94. The molecule has 1 saturated carbocycles. The van der Waals surface area contributed by atoms with Gasteiger partial charge in [-0.25, -0.2) is 4.98 Å². The van der Waals surface area contributed by atoms with Crippen molar-refractivity contribution in [3.63, 3.8) is 0 Å². The second-order valence-electron chi connectivity index (χ2n) is 11.5. The maximum atomic E-state index is 5.02. The van der Waals surface area contributed by atoms with Gasteiger partial charge in [0.25, 0.3) is 0 Å². The highest BCUT2D eigenvalue weighted by molar-refractivity contribution is 5.96. The Morgan fingerprint density at radius 2 is 1.53 bits per heavy atom. The van der Waals surface area contributed by atoms with Crippen LogP contribution in [0.4, 0.5) is 5.69 Å². The quantitative estimate of drug-likeness (QED) is 0.319. The number of imidazole rings is 1. The summed E-state index contributed by atoms with van der Waals surface area (Å²) in [6.07, 6.45) is 6.14. The van der Waals surface area contributed by atoms with Gasteiger partial charge in [0.05, 0.1) is 22.8 Å². The van der Waals surface area contributed by atoms with Crippen LogP contribution in [-0.4, -0.2) is 22.2 Å². The first-order valence-electron chi connectivity index (χ1n) is 13.6. The van der Waals surface area contributed by atoms with Crippen molar-refractivity contribution >= 4 is 22.4 Å². The highest BCUT2D eigenvalue weighted by atomic mass is 15.0. The molecule has 2 aliphatic heterocycles. The number of benzene rings is 3. The molecular weight excluding hydrogens is 440 g/mol. The van der Waals surface area contributed by atoms with Crippen LogP contribution in [-0.2, 0) is 6.42 Å². The van der Waals surface area contributed by atoms with Gasteiger partial charge in [0.15, 0.2) is 0 Å². The van der Waals surface area contributed by atoms with Crippen molar-refractivity contribution in [2.45, 2.75) is 52.0 Å². The molecule has 0 spiro atoms. The molecule has 7 rings (SSSR count). The van der Waals surface area contributed by atoms with Gasteiger partial charge in [-0.3, -0.25) is 4.99 Å². The number of rotatable bonds is 4. The summed E-state index contributed by atoms with van der Waals surface area (Å²) in [6, 6.07) is 22.7.